The van der Waals surface area contributed by atoms with E-state index in [2.05, 4.69) is 44.3 Å². The van der Waals surface area contributed by atoms with Crippen LogP contribution in [-0.2, 0) is 4.79 Å². The first-order chi connectivity index (χ1) is 12.9. The molecular weight excluding hydrogens is 354 g/mol. The minimum Gasteiger partial charge on any atom is -0.349 e. The molecule has 1 aromatic rings. The predicted octanol–water partition coefficient (Wildman–Crippen LogP) is 5.57. The number of hydrogen-bond donors (Lipinski definition) is 1. The third kappa shape index (κ3) is 3.69. The highest BCUT2D eigenvalue weighted by atomic mass is 32.1. The van der Waals surface area contributed by atoms with E-state index in [9.17, 15) is 9.59 Å². The van der Waals surface area contributed by atoms with E-state index in [1.54, 1.807) is 11.3 Å². The number of hydrogen-bond acceptors (Lipinski definition) is 3. The van der Waals surface area contributed by atoms with Crippen LogP contribution >= 0.6 is 11.3 Å². The molecule has 3 nitrogen and oxygen atoms in total. The van der Waals surface area contributed by atoms with E-state index in [1.165, 1.54) is 6.42 Å². The zero-order valence-corrected chi connectivity index (χ0v) is 17.6. The van der Waals surface area contributed by atoms with Crippen molar-refractivity contribution in [3.05, 3.63) is 33.5 Å². The fraction of sp³-hybridized carbons (Fsp3) is 0.565. The lowest BCUT2D eigenvalue weighted by atomic mass is 9.44. The summed E-state index contributed by atoms with van der Waals surface area (Å²) in [4.78, 5) is 25.5. The van der Waals surface area contributed by atoms with E-state index in [1.807, 2.05) is 18.4 Å². The maximum Gasteiger partial charge on any atom is 0.252 e. The molecule has 27 heavy (non-hydrogen) atoms. The normalized spacial score (nSPS) is 29.0. The Hall–Kier alpha value is -1.68. The number of carbonyl (C=O) groups excluding carboxylic acids is 2. The minimum atomic E-state index is -0.000180. The summed E-state index contributed by atoms with van der Waals surface area (Å²) in [5, 5.41) is 5.30. The highest BCUT2D eigenvalue weighted by Gasteiger charge is 2.57. The second kappa shape index (κ2) is 8.14. The number of aldehydes is 1. The molecule has 0 saturated heterocycles. The summed E-state index contributed by atoms with van der Waals surface area (Å²) >= 11 is 1.61. The molecule has 1 aromatic heterocycles. The average molecular weight is 386 g/mol. The van der Waals surface area contributed by atoms with Crippen LogP contribution in [0.25, 0.3) is 12.2 Å². The van der Waals surface area contributed by atoms with Crippen molar-refractivity contribution < 1.29 is 9.59 Å². The molecule has 3 fully saturated rings. The molecule has 0 aliphatic heterocycles. The largest absolute Gasteiger partial charge is 0.349 e. The Kier molecular flexibility index (Phi) is 6.05. The van der Waals surface area contributed by atoms with Crippen molar-refractivity contribution in [1.82, 2.24) is 5.32 Å². The summed E-state index contributed by atoms with van der Waals surface area (Å²) in [5.41, 5.74) is 2.01. The summed E-state index contributed by atoms with van der Waals surface area (Å²) < 4.78 is 0. The van der Waals surface area contributed by atoms with Gasteiger partial charge in [0.05, 0.1) is 5.56 Å². The lowest BCUT2D eigenvalue weighted by Crippen LogP contribution is -2.63. The van der Waals surface area contributed by atoms with Gasteiger partial charge in [-0.15, -0.1) is 11.3 Å². The SMILES string of the molecule is C/C=C\c1scc(C(=O)N[C@H]2C3C[C@H](C[C@@H]2CC=O)C3(C)C)c1/C=C\CC. The summed E-state index contributed by atoms with van der Waals surface area (Å²) in [6.07, 6.45) is 13.0. The van der Waals surface area contributed by atoms with Crippen LogP contribution in [0.3, 0.4) is 0 Å². The zero-order chi connectivity index (χ0) is 19.6. The van der Waals surface area contributed by atoms with Gasteiger partial charge < -0.3 is 10.1 Å². The lowest BCUT2D eigenvalue weighted by molar-refractivity contribution is -0.123. The fourth-order valence-corrected chi connectivity index (χ4v) is 5.96. The van der Waals surface area contributed by atoms with E-state index in [-0.39, 0.29) is 23.3 Å². The van der Waals surface area contributed by atoms with Gasteiger partial charge in [0.25, 0.3) is 5.91 Å². The van der Waals surface area contributed by atoms with Gasteiger partial charge in [-0.3, -0.25) is 4.79 Å². The van der Waals surface area contributed by atoms with E-state index in [0.717, 1.165) is 35.1 Å². The van der Waals surface area contributed by atoms with E-state index < -0.39 is 0 Å². The minimum absolute atomic E-state index is 0.000180. The van der Waals surface area contributed by atoms with Crippen molar-refractivity contribution in [2.45, 2.75) is 59.4 Å². The first-order valence-electron chi connectivity index (χ1n) is 10.1. The van der Waals surface area contributed by atoms with Gasteiger partial charge in [-0.1, -0.05) is 39.0 Å². The standard InChI is InChI=1S/C23H31NO2S/c1-5-7-9-17-18(14-27-20(17)8-6-2)22(26)24-21-15(10-11-25)12-16-13-19(21)23(16,3)4/h6-9,11,14-16,19,21H,5,10,12-13H2,1-4H3,(H,24,26)/b8-6-,9-7-/t15-,16-,19?,21+/m0/s1. The van der Waals surface area contributed by atoms with Gasteiger partial charge in [-0.25, -0.2) is 0 Å². The molecule has 146 valence electrons. The molecule has 2 bridgehead atoms. The van der Waals surface area contributed by atoms with Crippen molar-refractivity contribution in [2.75, 3.05) is 0 Å². The molecule has 0 aromatic carbocycles. The fourth-order valence-electron chi connectivity index (χ4n) is 4.97. The number of allylic oxidation sites excluding steroid dienone is 2. The molecule has 1 unspecified atom stereocenters. The molecule has 0 spiro atoms. The second-order valence-electron chi connectivity index (χ2n) is 8.50. The topological polar surface area (TPSA) is 46.2 Å². The monoisotopic (exact) mass is 385 g/mol. The average Bonchev–Trinajstić information content (AvgIpc) is 3.04. The Labute approximate surface area is 166 Å². The third-order valence-corrected chi connectivity index (χ3v) is 7.68. The molecule has 1 heterocycles. The van der Waals surface area contributed by atoms with Gasteiger partial charge in [-0.05, 0) is 55.4 Å². The maximum atomic E-state index is 13.2. The van der Waals surface area contributed by atoms with E-state index in [0.29, 0.717) is 18.3 Å². The molecule has 4 atom stereocenters. The smallest absolute Gasteiger partial charge is 0.252 e. The predicted molar refractivity (Wildman–Crippen MR) is 114 cm³/mol. The highest BCUT2D eigenvalue weighted by molar-refractivity contribution is 7.11. The Morgan fingerprint density at radius 2 is 2.11 bits per heavy atom. The molecule has 1 amide bonds. The van der Waals surface area contributed by atoms with E-state index >= 15 is 0 Å². The van der Waals surface area contributed by atoms with Crippen LogP contribution < -0.4 is 5.32 Å². The van der Waals surface area contributed by atoms with Crippen molar-refractivity contribution >= 4 is 35.7 Å². The first-order valence-corrected chi connectivity index (χ1v) is 11.0. The van der Waals surface area contributed by atoms with Gasteiger partial charge in [0.15, 0.2) is 0 Å². The quantitative estimate of drug-likeness (QED) is 0.623. The third-order valence-electron chi connectivity index (χ3n) is 6.71. The summed E-state index contributed by atoms with van der Waals surface area (Å²) in [5.74, 6) is 1.42. The second-order valence-corrected chi connectivity index (χ2v) is 9.41. The molecule has 3 aliphatic rings. The lowest BCUT2D eigenvalue weighted by Gasteiger charge is -2.62. The van der Waals surface area contributed by atoms with Crippen LogP contribution in [0.2, 0.25) is 0 Å². The van der Waals surface area contributed by atoms with Crippen molar-refractivity contribution in [1.29, 1.82) is 0 Å². The Morgan fingerprint density at radius 3 is 2.74 bits per heavy atom. The molecule has 3 saturated carbocycles. The number of nitrogens with one attached hydrogen (secondary N) is 1. The number of amides is 1. The van der Waals surface area contributed by atoms with Crippen LogP contribution in [0.1, 0.15) is 74.2 Å². The van der Waals surface area contributed by atoms with Gasteiger partial charge in [0, 0.05) is 28.3 Å². The van der Waals surface area contributed by atoms with E-state index in [4.69, 9.17) is 0 Å². The Bertz CT molecular complexity index is 758. The zero-order valence-electron chi connectivity index (χ0n) is 16.8. The van der Waals surface area contributed by atoms with Crippen LogP contribution in [0, 0.1) is 23.2 Å². The van der Waals surface area contributed by atoms with Crippen LogP contribution in [0.15, 0.2) is 17.5 Å². The molecule has 0 radical (unpaired) electrons. The summed E-state index contributed by atoms with van der Waals surface area (Å²) in [7, 11) is 0. The molecule has 1 N–H and O–H groups in total. The Morgan fingerprint density at radius 1 is 1.33 bits per heavy atom. The van der Waals surface area contributed by atoms with Crippen LogP contribution in [0.5, 0.6) is 0 Å². The van der Waals surface area contributed by atoms with Crippen molar-refractivity contribution in [3.63, 3.8) is 0 Å². The number of thiophene rings is 1. The molecule has 4 heteroatoms. The van der Waals surface area contributed by atoms with Crippen molar-refractivity contribution in [3.8, 4) is 0 Å². The van der Waals surface area contributed by atoms with Gasteiger partial charge in [-0.2, -0.15) is 0 Å². The van der Waals surface area contributed by atoms with Gasteiger partial charge >= 0.3 is 0 Å². The number of rotatable bonds is 7. The highest BCUT2D eigenvalue weighted by Crippen LogP contribution is 2.61. The number of fused-ring (bicyclic) bond motifs is 2. The molecule has 4 rings (SSSR count). The van der Waals surface area contributed by atoms with Gasteiger partial charge in [0.2, 0.25) is 0 Å². The molecule has 3 aliphatic carbocycles. The van der Waals surface area contributed by atoms with Crippen molar-refractivity contribution in [2.24, 2.45) is 23.2 Å². The summed E-state index contributed by atoms with van der Waals surface area (Å²) in [6.45, 7) is 8.71. The number of carbonyl (C=O) groups is 2. The van der Waals surface area contributed by atoms with Crippen LogP contribution in [0.4, 0.5) is 0 Å². The molecular formula is C23H31NO2S. The first kappa shape index (κ1) is 20.1. The van der Waals surface area contributed by atoms with Crippen LogP contribution in [-0.4, -0.2) is 18.2 Å². The van der Waals surface area contributed by atoms with Gasteiger partial charge in [0.1, 0.15) is 6.29 Å². The Balaban J connectivity index is 1.85. The summed E-state index contributed by atoms with van der Waals surface area (Å²) in [6, 6.07) is 0.0933. The maximum absolute atomic E-state index is 13.2.